The van der Waals surface area contributed by atoms with Gasteiger partial charge in [0.25, 0.3) is 0 Å². The lowest BCUT2D eigenvalue weighted by molar-refractivity contribution is 0.00578. The molecule has 6 nitrogen and oxygen atoms in total. The van der Waals surface area contributed by atoms with Gasteiger partial charge in [-0.2, -0.15) is 0 Å². The van der Waals surface area contributed by atoms with E-state index in [1.165, 1.54) is 6.07 Å². The minimum atomic E-state index is -1.13. The minimum absolute atomic E-state index is 0.0284. The number of aliphatic hydroxyl groups is 1. The van der Waals surface area contributed by atoms with Crippen LogP contribution in [0.2, 0.25) is 0 Å². The predicted molar refractivity (Wildman–Crippen MR) is 90.2 cm³/mol. The van der Waals surface area contributed by atoms with Gasteiger partial charge in [0.1, 0.15) is 5.82 Å². The van der Waals surface area contributed by atoms with Crippen LogP contribution in [0, 0.1) is 5.82 Å². The van der Waals surface area contributed by atoms with E-state index < -0.39 is 42.4 Å². The summed E-state index contributed by atoms with van der Waals surface area (Å²) in [6, 6.07) is 3.98. The molecule has 2 aliphatic rings. The zero-order valence-corrected chi connectivity index (χ0v) is 14.8. The lowest BCUT2D eigenvalue weighted by Gasteiger charge is -2.32. The van der Waals surface area contributed by atoms with Gasteiger partial charge in [0.2, 0.25) is 0 Å². The van der Waals surface area contributed by atoms with Crippen molar-refractivity contribution in [2.45, 2.75) is 57.5 Å². The second-order valence-corrected chi connectivity index (χ2v) is 7.71. The summed E-state index contributed by atoms with van der Waals surface area (Å²) in [4.78, 5) is 12.4. The first-order valence-corrected chi connectivity index (χ1v) is 8.34. The van der Waals surface area contributed by atoms with E-state index in [0.717, 1.165) is 4.90 Å². The SMILES string of the molecule is CC1(C)OB(c2ccc(C3CC(O)CN3C(=O)O)cc2F)OC1(C)C. The molecular formula is C17H23BFNO5. The Kier molecular flexibility index (Phi) is 4.34. The zero-order chi connectivity index (χ0) is 18.6. The number of hydrogen-bond acceptors (Lipinski definition) is 4. The number of carbonyl (C=O) groups is 1. The van der Waals surface area contributed by atoms with Crippen molar-refractivity contribution in [1.29, 1.82) is 0 Å². The van der Waals surface area contributed by atoms with Gasteiger partial charge in [0.05, 0.1) is 29.9 Å². The van der Waals surface area contributed by atoms with Crippen molar-refractivity contribution in [3.8, 4) is 0 Å². The van der Waals surface area contributed by atoms with Crippen LogP contribution in [-0.4, -0.2) is 52.2 Å². The molecule has 2 aliphatic heterocycles. The van der Waals surface area contributed by atoms with Crippen molar-refractivity contribution in [3.05, 3.63) is 29.6 Å². The number of hydrogen-bond donors (Lipinski definition) is 2. The fourth-order valence-electron chi connectivity index (χ4n) is 3.25. The highest BCUT2D eigenvalue weighted by atomic mass is 19.1. The molecule has 0 radical (unpaired) electrons. The van der Waals surface area contributed by atoms with Gasteiger partial charge in [-0.3, -0.25) is 4.90 Å². The first-order chi connectivity index (χ1) is 11.5. The molecule has 0 aliphatic carbocycles. The molecule has 0 bridgehead atoms. The standard InChI is InChI=1S/C17H23BFNO5/c1-16(2)17(3,4)25-18(24-16)12-6-5-10(7-13(12)19)14-8-11(21)9-20(14)15(22)23/h5-7,11,14,21H,8-9H2,1-4H3,(H,22,23). The lowest BCUT2D eigenvalue weighted by Crippen LogP contribution is -2.41. The fourth-order valence-corrected chi connectivity index (χ4v) is 3.25. The van der Waals surface area contributed by atoms with Crippen molar-refractivity contribution < 1.29 is 28.7 Å². The highest BCUT2D eigenvalue weighted by molar-refractivity contribution is 6.62. The van der Waals surface area contributed by atoms with Crippen molar-refractivity contribution in [3.63, 3.8) is 0 Å². The monoisotopic (exact) mass is 351 g/mol. The summed E-state index contributed by atoms with van der Waals surface area (Å²) in [6.07, 6.45) is -1.62. The third-order valence-electron chi connectivity index (χ3n) is 5.44. The van der Waals surface area contributed by atoms with Gasteiger partial charge >= 0.3 is 13.2 Å². The number of carboxylic acid groups (broad SMARTS) is 1. The van der Waals surface area contributed by atoms with Gasteiger partial charge in [-0.25, -0.2) is 9.18 Å². The van der Waals surface area contributed by atoms with E-state index in [0.29, 0.717) is 5.56 Å². The summed E-state index contributed by atoms with van der Waals surface area (Å²) in [5.41, 5.74) is -0.351. The molecule has 0 spiro atoms. The Balaban J connectivity index is 1.86. The number of aliphatic hydroxyl groups excluding tert-OH is 1. The van der Waals surface area contributed by atoms with E-state index in [1.807, 2.05) is 27.7 Å². The average Bonchev–Trinajstić information content (AvgIpc) is 2.96. The number of β-amino-alcohol motifs (C(OH)–C–C–N with tert-alkyl or cyclic N) is 1. The Bertz CT molecular complexity index is 680. The van der Waals surface area contributed by atoms with Crippen LogP contribution in [-0.2, 0) is 9.31 Å². The quantitative estimate of drug-likeness (QED) is 0.796. The smallest absolute Gasteiger partial charge is 0.465 e. The predicted octanol–water partition coefficient (Wildman–Crippen LogP) is 1.91. The lowest BCUT2D eigenvalue weighted by atomic mass is 9.78. The van der Waals surface area contributed by atoms with Gasteiger partial charge in [-0.1, -0.05) is 12.1 Å². The van der Waals surface area contributed by atoms with E-state index >= 15 is 0 Å². The van der Waals surface area contributed by atoms with Gasteiger partial charge in [0.15, 0.2) is 0 Å². The maximum Gasteiger partial charge on any atom is 0.497 e. The summed E-state index contributed by atoms with van der Waals surface area (Å²) in [7, 11) is -0.816. The Morgan fingerprint density at radius 2 is 1.88 bits per heavy atom. The Morgan fingerprint density at radius 1 is 1.28 bits per heavy atom. The van der Waals surface area contributed by atoms with E-state index in [9.17, 15) is 19.4 Å². The molecule has 0 aromatic heterocycles. The summed E-state index contributed by atoms with van der Waals surface area (Å²) in [5.74, 6) is -0.511. The number of benzene rings is 1. The summed E-state index contributed by atoms with van der Waals surface area (Å²) < 4.78 is 26.4. The van der Waals surface area contributed by atoms with Crippen LogP contribution in [0.3, 0.4) is 0 Å². The summed E-state index contributed by atoms with van der Waals surface area (Å²) >= 11 is 0. The molecule has 25 heavy (non-hydrogen) atoms. The Morgan fingerprint density at radius 3 is 2.40 bits per heavy atom. The van der Waals surface area contributed by atoms with Gasteiger partial charge < -0.3 is 19.5 Å². The molecule has 0 saturated carbocycles. The van der Waals surface area contributed by atoms with Crippen molar-refractivity contribution >= 4 is 18.7 Å². The van der Waals surface area contributed by atoms with E-state index in [-0.39, 0.29) is 18.4 Å². The average molecular weight is 351 g/mol. The Labute approximate surface area is 146 Å². The van der Waals surface area contributed by atoms with Crippen molar-refractivity contribution in [1.82, 2.24) is 4.90 Å². The molecule has 2 saturated heterocycles. The van der Waals surface area contributed by atoms with Crippen LogP contribution >= 0.6 is 0 Å². The number of rotatable bonds is 2. The molecule has 1 aromatic carbocycles. The van der Waals surface area contributed by atoms with Crippen LogP contribution in [0.25, 0.3) is 0 Å². The molecule has 1 aromatic rings. The number of likely N-dealkylation sites (tertiary alicyclic amines) is 1. The molecule has 8 heteroatoms. The Hall–Kier alpha value is -1.64. The largest absolute Gasteiger partial charge is 0.497 e. The minimum Gasteiger partial charge on any atom is -0.465 e. The highest BCUT2D eigenvalue weighted by Crippen LogP contribution is 2.37. The molecule has 136 valence electrons. The van der Waals surface area contributed by atoms with E-state index in [2.05, 4.69) is 0 Å². The van der Waals surface area contributed by atoms with Crippen LogP contribution in [0.1, 0.15) is 45.7 Å². The van der Waals surface area contributed by atoms with Crippen LogP contribution in [0.5, 0.6) is 0 Å². The fraction of sp³-hybridized carbons (Fsp3) is 0.588. The molecule has 1 amide bonds. The van der Waals surface area contributed by atoms with Crippen LogP contribution < -0.4 is 5.46 Å². The number of halogens is 1. The first kappa shape index (κ1) is 18.2. The van der Waals surface area contributed by atoms with E-state index in [1.54, 1.807) is 12.1 Å². The first-order valence-electron chi connectivity index (χ1n) is 8.34. The van der Waals surface area contributed by atoms with Crippen molar-refractivity contribution in [2.75, 3.05) is 6.54 Å². The van der Waals surface area contributed by atoms with Crippen LogP contribution in [0.4, 0.5) is 9.18 Å². The molecule has 2 N–H and O–H groups in total. The van der Waals surface area contributed by atoms with Gasteiger partial charge in [0, 0.05) is 5.46 Å². The molecule has 2 unspecified atom stereocenters. The number of nitrogens with zero attached hydrogens (tertiary/aromatic N) is 1. The molecule has 3 rings (SSSR count). The van der Waals surface area contributed by atoms with E-state index in [4.69, 9.17) is 9.31 Å². The summed E-state index contributed by atoms with van der Waals surface area (Å²) in [5, 5.41) is 19.0. The normalized spacial score (nSPS) is 27.8. The number of amides is 1. The molecule has 2 heterocycles. The van der Waals surface area contributed by atoms with Crippen molar-refractivity contribution in [2.24, 2.45) is 0 Å². The zero-order valence-electron chi connectivity index (χ0n) is 14.8. The maximum absolute atomic E-state index is 14.7. The summed E-state index contributed by atoms with van der Waals surface area (Å²) in [6.45, 7) is 7.60. The third-order valence-corrected chi connectivity index (χ3v) is 5.44. The maximum atomic E-state index is 14.7. The second-order valence-electron chi connectivity index (χ2n) is 7.71. The highest BCUT2D eigenvalue weighted by Gasteiger charge is 2.52. The topological polar surface area (TPSA) is 79.2 Å². The molecular weight excluding hydrogens is 328 g/mol. The van der Waals surface area contributed by atoms with Gasteiger partial charge in [-0.05, 0) is 45.7 Å². The van der Waals surface area contributed by atoms with Crippen LogP contribution in [0.15, 0.2) is 18.2 Å². The second kappa shape index (κ2) is 5.97. The molecule has 2 fully saturated rings. The third kappa shape index (κ3) is 3.14. The van der Waals surface area contributed by atoms with Gasteiger partial charge in [-0.15, -0.1) is 0 Å². The molecule has 2 atom stereocenters.